The van der Waals surface area contributed by atoms with Gasteiger partial charge in [-0.25, -0.2) is 4.39 Å². The van der Waals surface area contributed by atoms with Crippen LogP contribution in [0.15, 0.2) is 36.4 Å². The lowest BCUT2D eigenvalue weighted by molar-refractivity contribution is -0.119. The summed E-state index contributed by atoms with van der Waals surface area (Å²) in [5, 5.41) is 3.25. The van der Waals surface area contributed by atoms with Crippen molar-refractivity contribution >= 4 is 23.1 Å². The lowest BCUT2D eigenvalue weighted by Gasteiger charge is -2.38. The van der Waals surface area contributed by atoms with E-state index in [1.807, 2.05) is 37.8 Å². The molecule has 6 nitrogen and oxygen atoms in total. The molecule has 4 rings (SSSR count). The molecule has 0 aromatic heterocycles. The summed E-state index contributed by atoms with van der Waals surface area (Å²) in [4.78, 5) is 32.2. The number of hydrogen-bond donors (Lipinski definition) is 1. The van der Waals surface area contributed by atoms with Crippen LogP contribution in [0, 0.1) is 0 Å². The highest BCUT2D eigenvalue weighted by molar-refractivity contribution is 6.10. The Morgan fingerprint density at radius 3 is 2.51 bits per heavy atom. The molecule has 3 heterocycles. The van der Waals surface area contributed by atoms with Gasteiger partial charge in [-0.2, -0.15) is 0 Å². The van der Waals surface area contributed by atoms with E-state index in [0.717, 1.165) is 68.3 Å². The number of nitrogens with one attached hydrogen (secondary N) is 1. The van der Waals surface area contributed by atoms with Gasteiger partial charge in [-0.05, 0) is 64.8 Å². The molecule has 0 bridgehead atoms. The Kier molecular flexibility index (Phi) is 8.86. The first-order chi connectivity index (χ1) is 17.8. The SMILES string of the molecule is C=C(C)C(CCC(=O)CC)N1C(=O)c2cc(N3CCN(CCC4(F)CCNCC4)CC3)ccc2C1=CC. The van der Waals surface area contributed by atoms with Crippen molar-refractivity contribution in [2.75, 3.05) is 50.7 Å². The average Bonchev–Trinajstić information content (AvgIpc) is 3.18. The van der Waals surface area contributed by atoms with Crippen LogP contribution in [0.1, 0.15) is 75.2 Å². The lowest BCUT2D eigenvalue weighted by Crippen LogP contribution is -2.48. The topological polar surface area (TPSA) is 55.9 Å². The fourth-order valence-electron chi connectivity index (χ4n) is 5.89. The van der Waals surface area contributed by atoms with Crippen LogP contribution < -0.4 is 10.2 Å². The number of rotatable bonds is 10. The second kappa shape index (κ2) is 11.9. The number of fused-ring (bicyclic) bond motifs is 1. The minimum absolute atomic E-state index is 0.0178. The van der Waals surface area contributed by atoms with Gasteiger partial charge >= 0.3 is 0 Å². The molecule has 3 aliphatic heterocycles. The average molecular weight is 511 g/mol. The molecule has 3 aliphatic rings. The van der Waals surface area contributed by atoms with Gasteiger partial charge in [-0.1, -0.05) is 31.2 Å². The van der Waals surface area contributed by atoms with E-state index in [9.17, 15) is 14.0 Å². The number of hydrogen-bond acceptors (Lipinski definition) is 5. The van der Waals surface area contributed by atoms with Crippen molar-refractivity contribution < 1.29 is 14.0 Å². The number of Topliss-reactive ketones (excluding diaryl/α,β-unsaturated/α-hetero) is 1. The Morgan fingerprint density at radius 1 is 1.19 bits per heavy atom. The number of halogens is 1. The molecule has 37 heavy (non-hydrogen) atoms. The number of alkyl halides is 1. The van der Waals surface area contributed by atoms with E-state index in [4.69, 9.17) is 0 Å². The highest BCUT2D eigenvalue weighted by Crippen LogP contribution is 2.39. The normalized spacial score (nSPS) is 21.8. The predicted molar refractivity (Wildman–Crippen MR) is 149 cm³/mol. The molecule has 0 aliphatic carbocycles. The van der Waals surface area contributed by atoms with Gasteiger partial charge in [0.1, 0.15) is 11.5 Å². The van der Waals surface area contributed by atoms with Crippen LogP contribution in [0.2, 0.25) is 0 Å². The van der Waals surface area contributed by atoms with Crippen molar-refractivity contribution in [3.63, 3.8) is 0 Å². The molecule has 1 aromatic rings. The van der Waals surface area contributed by atoms with Gasteiger partial charge in [0.15, 0.2) is 0 Å². The van der Waals surface area contributed by atoms with Gasteiger partial charge in [0, 0.05) is 62.5 Å². The number of ketones is 1. The summed E-state index contributed by atoms with van der Waals surface area (Å²) in [6.07, 6.45) is 5.37. The maximum atomic E-state index is 15.0. The van der Waals surface area contributed by atoms with Crippen LogP contribution >= 0.6 is 0 Å². The van der Waals surface area contributed by atoms with Gasteiger partial charge in [-0.15, -0.1) is 0 Å². The van der Waals surface area contributed by atoms with Crippen molar-refractivity contribution in [1.82, 2.24) is 15.1 Å². The maximum Gasteiger partial charge on any atom is 0.259 e. The molecule has 0 spiro atoms. The van der Waals surface area contributed by atoms with E-state index in [-0.39, 0.29) is 17.7 Å². The Morgan fingerprint density at radius 2 is 1.89 bits per heavy atom. The van der Waals surface area contributed by atoms with Crippen LogP contribution in [0.4, 0.5) is 10.1 Å². The summed E-state index contributed by atoms with van der Waals surface area (Å²) >= 11 is 0. The van der Waals surface area contributed by atoms with Gasteiger partial charge in [0.2, 0.25) is 0 Å². The molecule has 1 N–H and O–H groups in total. The Balaban J connectivity index is 1.42. The summed E-state index contributed by atoms with van der Waals surface area (Å²) in [5.74, 6) is 0.187. The lowest BCUT2D eigenvalue weighted by atomic mass is 9.91. The highest BCUT2D eigenvalue weighted by Gasteiger charge is 2.38. The minimum atomic E-state index is -1.02. The van der Waals surface area contributed by atoms with Crippen LogP contribution in [0.5, 0.6) is 0 Å². The maximum absolute atomic E-state index is 15.0. The van der Waals surface area contributed by atoms with E-state index in [1.54, 1.807) is 0 Å². The molecular formula is C30H43FN4O2. The first-order valence-electron chi connectivity index (χ1n) is 13.9. The Bertz CT molecular complexity index is 1040. The van der Waals surface area contributed by atoms with Crippen molar-refractivity contribution in [2.45, 2.75) is 71.0 Å². The van der Waals surface area contributed by atoms with Crippen LogP contribution in [0.3, 0.4) is 0 Å². The van der Waals surface area contributed by atoms with Gasteiger partial charge in [-0.3, -0.25) is 14.5 Å². The van der Waals surface area contributed by atoms with E-state index >= 15 is 0 Å². The molecule has 7 heteroatoms. The minimum Gasteiger partial charge on any atom is -0.369 e. The second-order valence-electron chi connectivity index (χ2n) is 10.9. The summed E-state index contributed by atoms with van der Waals surface area (Å²) in [5.41, 5.74) is 3.47. The molecule has 1 atom stereocenters. The Labute approximate surface area is 221 Å². The van der Waals surface area contributed by atoms with Crippen LogP contribution in [-0.2, 0) is 4.79 Å². The number of carbonyl (C=O) groups excluding carboxylic acids is 2. The number of piperazine rings is 1. The third kappa shape index (κ3) is 6.15. The fourth-order valence-corrected chi connectivity index (χ4v) is 5.89. The summed E-state index contributed by atoms with van der Waals surface area (Å²) in [6.45, 7) is 15.8. The van der Waals surface area contributed by atoms with Gasteiger partial charge in [0.25, 0.3) is 5.91 Å². The largest absolute Gasteiger partial charge is 0.369 e. The number of anilines is 1. The van der Waals surface area contributed by atoms with Gasteiger partial charge in [0.05, 0.1) is 11.6 Å². The van der Waals surface area contributed by atoms with Crippen molar-refractivity contribution in [3.8, 4) is 0 Å². The molecule has 1 amide bonds. The second-order valence-corrected chi connectivity index (χ2v) is 10.9. The predicted octanol–water partition coefficient (Wildman–Crippen LogP) is 4.81. The number of piperidine rings is 1. The molecule has 1 unspecified atom stereocenters. The third-order valence-electron chi connectivity index (χ3n) is 8.35. The first-order valence-corrected chi connectivity index (χ1v) is 13.9. The first kappa shape index (κ1) is 27.5. The van der Waals surface area contributed by atoms with E-state index in [1.165, 1.54) is 0 Å². The molecule has 2 fully saturated rings. The van der Waals surface area contributed by atoms with Gasteiger partial charge < -0.3 is 15.1 Å². The number of carbonyl (C=O) groups is 2. The zero-order valence-electron chi connectivity index (χ0n) is 22.8. The quantitative estimate of drug-likeness (QED) is 0.458. The van der Waals surface area contributed by atoms with Crippen molar-refractivity contribution in [3.05, 3.63) is 47.6 Å². The van der Waals surface area contributed by atoms with E-state index < -0.39 is 5.67 Å². The molecular weight excluding hydrogens is 467 g/mol. The summed E-state index contributed by atoms with van der Waals surface area (Å²) < 4.78 is 15.0. The zero-order valence-corrected chi connectivity index (χ0v) is 22.8. The van der Waals surface area contributed by atoms with Crippen LogP contribution in [0.25, 0.3) is 5.70 Å². The summed E-state index contributed by atoms with van der Waals surface area (Å²) in [6, 6.07) is 5.99. The number of nitrogens with zero attached hydrogens (tertiary/aromatic N) is 3. The summed E-state index contributed by atoms with van der Waals surface area (Å²) in [7, 11) is 0. The van der Waals surface area contributed by atoms with E-state index in [0.29, 0.717) is 44.1 Å². The van der Waals surface area contributed by atoms with Crippen molar-refractivity contribution in [2.24, 2.45) is 0 Å². The van der Waals surface area contributed by atoms with Crippen LogP contribution in [-0.4, -0.2) is 79.0 Å². The van der Waals surface area contributed by atoms with Crippen molar-refractivity contribution in [1.29, 1.82) is 0 Å². The number of allylic oxidation sites excluding steroid dienone is 1. The number of benzene rings is 1. The molecule has 202 valence electrons. The molecule has 0 radical (unpaired) electrons. The smallest absolute Gasteiger partial charge is 0.259 e. The highest BCUT2D eigenvalue weighted by atomic mass is 19.1. The number of amides is 1. The standard InChI is InChI=1S/C30H43FN4O2/c1-5-24(36)8-10-28(22(3)4)35-27(6-2)25-9-7-23(21-26(25)29(35)37)34-19-17-33(18-20-34)16-13-30(31)11-14-32-15-12-30/h6-7,9,21,28,32H,3,5,8,10-20H2,1-2,4H3. The Hall–Kier alpha value is -2.51. The molecule has 1 aromatic carbocycles. The monoisotopic (exact) mass is 510 g/mol. The fraction of sp³-hybridized carbons (Fsp3) is 0.600. The molecule has 0 saturated carbocycles. The zero-order chi connectivity index (χ0) is 26.6. The van der Waals surface area contributed by atoms with E-state index in [2.05, 4.69) is 33.8 Å². The molecule has 2 saturated heterocycles. The third-order valence-corrected chi connectivity index (χ3v) is 8.35.